The van der Waals surface area contributed by atoms with Crippen molar-refractivity contribution in [3.8, 4) is 0 Å². The topological polar surface area (TPSA) is 117 Å². The van der Waals surface area contributed by atoms with Crippen molar-refractivity contribution in [1.29, 1.82) is 0 Å². The summed E-state index contributed by atoms with van der Waals surface area (Å²) in [6, 6.07) is 7.57. The van der Waals surface area contributed by atoms with E-state index in [2.05, 4.69) is 15.0 Å². The van der Waals surface area contributed by atoms with E-state index in [-0.39, 0.29) is 11.9 Å². The summed E-state index contributed by atoms with van der Waals surface area (Å²) in [4.78, 5) is 12.8. The van der Waals surface area contributed by atoms with Crippen LogP contribution < -0.4 is 17.2 Å². The molecule has 0 spiro atoms. The summed E-state index contributed by atoms with van der Waals surface area (Å²) < 4.78 is 0. The van der Waals surface area contributed by atoms with Crippen molar-refractivity contribution in [2.24, 2.45) is 0 Å². The standard InChI is InChI=1S/C10H12N6S/c11-6-1-3-7(4-2-6)17-5-8-14-9(12)16-10(13)15-8/h1-4H,5,11H2,(H4,12,13,14,15,16). The van der Waals surface area contributed by atoms with Gasteiger partial charge in [-0.05, 0) is 24.3 Å². The molecule has 1 heterocycles. The molecular formula is C10H12N6S. The normalized spacial score (nSPS) is 10.4. The Morgan fingerprint density at radius 2 is 1.47 bits per heavy atom. The van der Waals surface area contributed by atoms with Crippen molar-refractivity contribution in [3.05, 3.63) is 30.1 Å². The molecule has 17 heavy (non-hydrogen) atoms. The van der Waals surface area contributed by atoms with Gasteiger partial charge >= 0.3 is 0 Å². The zero-order valence-electron chi connectivity index (χ0n) is 9.00. The monoisotopic (exact) mass is 248 g/mol. The maximum Gasteiger partial charge on any atom is 0.225 e. The molecule has 2 rings (SSSR count). The van der Waals surface area contributed by atoms with Crippen LogP contribution in [0.1, 0.15) is 5.82 Å². The highest BCUT2D eigenvalue weighted by Crippen LogP contribution is 2.22. The van der Waals surface area contributed by atoms with Gasteiger partial charge in [-0.2, -0.15) is 15.0 Å². The molecule has 0 atom stereocenters. The van der Waals surface area contributed by atoms with Crippen molar-refractivity contribution in [1.82, 2.24) is 15.0 Å². The maximum atomic E-state index is 5.60. The molecule has 1 aromatic carbocycles. The fourth-order valence-corrected chi connectivity index (χ4v) is 1.99. The predicted octanol–water partition coefficient (Wildman–Crippen LogP) is 0.910. The largest absolute Gasteiger partial charge is 0.399 e. The summed E-state index contributed by atoms with van der Waals surface area (Å²) in [5.41, 5.74) is 17.3. The molecule has 0 radical (unpaired) electrons. The number of nitrogens with two attached hydrogens (primary N) is 3. The van der Waals surface area contributed by atoms with Crippen LogP contribution in [0.3, 0.4) is 0 Å². The van der Waals surface area contributed by atoms with E-state index in [0.717, 1.165) is 10.6 Å². The van der Waals surface area contributed by atoms with Crippen molar-refractivity contribution >= 4 is 29.3 Å². The lowest BCUT2D eigenvalue weighted by atomic mass is 10.3. The van der Waals surface area contributed by atoms with Crippen molar-refractivity contribution < 1.29 is 0 Å². The Morgan fingerprint density at radius 1 is 0.882 bits per heavy atom. The van der Waals surface area contributed by atoms with Crippen molar-refractivity contribution in [2.45, 2.75) is 10.6 Å². The Labute approximate surface area is 103 Å². The Bertz CT molecular complexity index is 492. The quantitative estimate of drug-likeness (QED) is 0.546. The number of hydrogen-bond donors (Lipinski definition) is 3. The van der Waals surface area contributed by atoms with Gasteiger partial charge in [0.1, 0.15) is 5.82 Å². The van der Waals surface area contributed by atoms with Crippen LogP contribution in [0.5, 0.6) is 0 Å². The molecule has 0 bridgehead atoms. The highest BCUT2D eigenvalue weighted by molar-refractivity contribution is 7.98. The highest BCUT2D eigenvalue weighted by atomic mass is 32.2. The molecule has 0 aliphatic rings. The summed E-state index contributed by atoms with van der Waals surface area (Å²) in [5.74, 6) is 1.44. The Balaban J connectivity index is 2.04. The molecule has 0 fully saturated rings. The van der Waals surface area contributed by atoms with Crippen molar-refractivity contribution in [3.63, 3.8) is 0 Å². The van der Waals surface area contributed by atoms with Gasteiger partial charge in [0.25, 0.3) is 0 Å². The molecule has 88 valence electrons. The number of hydrogen-bond acceptors (Lipinski definition) is 7. The van der Waals surface area contributed by atoms with Crippen LogP contribution in [0.4, 0.5) is 17.6 Å². The number of rotatable bonds is 3. The smallest absolute Gasteiger partial charge is 0.225 e. The average molecular weight is 248 g/mol. The van der Waals surface area contributed by atoms with E-state index in [0.29, 0.717) is 11.6 Å². The SMILES string of the molecule is Nc1ccc(SCc2nc(N)nc(N)n2)cc1. The van der Waals surface area contributed by atoms with Gasteiger partial charge < -0.3 is 17.2 Å². The molecule has 2 aromatic rings. The minimum absolute atomic E-state index is 0.144. The van der Waals surface area contributed by atoms with Gasteiger partial charge in [-0.1, -0.05) is 0 Å². The Morgan fingerprint density at radius 3 is 2.06 bits per heavy atom. The summed E-state index contributed by atoms with van der Waals surface area (Å²) in [6.45, 7) is 0. The second-order valence-electron chi connectivity index (χ2n) is 3.33. The Hall–Kier alpha value is -2.02. The van der Waals surface area contributed by atoms with Gasteiger partial charge in [0.15, 0.2) is 0 Å². The number of benzene rings is 1. The molecule has 1 aromatic heterocycles. The van der Waals surface area contributed by atoms with Crippen molar-refractivity contribution in [2.75, 3.05) is 17.2 Å². The average Bonchev–Trinajstić information content (AvgIpc) is 2.27. The van der Waals surface area contributed by atoms with Crippen LogP contribution >= 0.6 is 11.8 Å². The summed E-state index contributed by atoms with van der Waals surface area (Å²) >= 11 is 1.58. The van der Waals surface area contributed by atoms with Gasteiger partial charge in [-0.25, -0.2) is 0 Å². The molecule has 0 unspecified atom stereocenters. The maximum absolute atomic E-state index is 5.60. The first-order valence-corrected chi connectivity index (χ1v) is 5.86. The fraction of sp³-hybridized carbons (Fsp3) is 0.100. The molecule has 0 saturated heterocycles. The van der Waals surface area contributed by atoms with Gasteiger partial charge in [0, 0.05) is 10.6 Å². The van der Waals surface area contributed by atoms with E-state index in [1.807, 2.05) is 24.3 Å². The van der Waals surface area contributed by atoms with Gasteiger partial charge in [-0.3, -0.25) is 0 Å². The second-order valence-corrected chi connectivity index (χ2v) is 4.37. The van der Waals surface area contributed by atoms with Gasteiger partial charge in [0.05, 0.1) is 5.75 Å². The molecule has 6 N–H and O–H groups in total. The second kappa shape index (κ2) is 4.88. The number of anilines is 3. The van der Waals surface area contributed by atoms with E-state index in [1.165, 1.54) is 0 Å². The summed E-state index contributed by atoms with van der Waals surface area (Å²) in [5, 5.41) is 0. The van der Waals surface area contributed by atoms with E-state index < -0.39 is 0 Å². The minimum atomic E-state index is 0.144. The van der Waals surface area contributed by atoms with Crippen LogP contribution in [0.15, 0.2) is 29.2 Å². The highest BCUT2D eigenvalue weighted by Gasteiger charge is 2.02. The van der Waals surface area contributed by atoms with Crippen LogP contribution in [-0.2, 0) is 5.75 Å². The van der Waals surface area contributed by atoms with E-state index >= 15 is 0 Å². The predicted molar refractivity (Wildman–Crippen MR) is 69.1 cm³/mol. The zero-order valence-corrected chi connectivity index (χ0v) is 9.81. The lowest BCUT2D eigenvalue weighted by Gasteiger charge is -2.02. The molecule has 0 amide bonds. The summed E-state index contributed by atoms with van der Waals surface area (Å²) in [6.07, 6.45) is 0. The van der Waals surface area contributed by atoms with Gasteiger partial charge in [0.2, 0.25) is 11.9 Å². The molecular weight excluding hydrogens is 236 g/mol. The number of nitrogens with zero attached hydrogens (tertiary/aromatic N) is 3. The van der Waals surface area contributed by atoms with Crippen LogP contribution in [0.25, 0.3) is 0 Å². The zero-order chi connectivity index (χ0) is 12.3. The molecule has 7 heteroatoms. The number of aromatic nitrogens is 3. The molecule has 6 nitrogen and oxygen atoms in total. The third-order valence-electron chi connectivity index (χ3n) is 1.96. The first-order chi connectivity index (χ1) is 8.13. The number of thioether (sulfide) groups is 1. The molecule has 0 saturated carbocycles. The van der Waals surface area contributed by atoms with Gasteiger partial charge in [-0.15, -0.1) is 11.8 Å². The minimum Gasteiger partial charge on any atom is -0.399 e. The third-order valence-corrected chi connectivity index (χ3v) is 2.97. The fourth-order valence-electron chi connectivity index (χ4n) is 1.23. The first-order valence-electron chi connectivity index (χ1n) is 4.88. The van der Waals surface area contributed by atoms with E-state index in [1.54, 1.807) is 11.8 Å². The first kappa shape index (κ1) is 11.5. The Kier molecular flexibility index (Phi) is 3.29. The lowest BCUT2D eigenvalue weighted by Crippen LogP contribution is -2.05. The molecule has 0 aliphatic heterocycles. The van der Waals surface area contributed by atoms with Crippen LogP contribution in [-0.4, -0.2) is 15.0 Å². The molecule has 0 aliphatic carbocycles. The van der Waals surface area contributed by atoms with Crippen LogP contribution in [0.2, 0.25) is 0 Å². The van der Waals surface area contributed by atoms with Crippen LogP contribution in [0, 0.1) is 0 Å². The number of nitrogen functional groups attached to an aromatic ring is 3. The van der Waals surface area contributed by atoms with E-state index in [9.17, 15) is 0 Å². The lowest BCUT2D eigenvalue weighted by molar-refractivity contribution is 0.988. The third kappa shape index (κ3) is 3.22. The summed E-state index contributed by atoms with van der Waals surface area (Å²) in [7, 11) is 0. The van der Waals surface area contributed by atoms with E-state index in [4.69, 9.17) is 17.2 Å².